The third kappa shape index (κ3) is 3.98. The number of aliphatic hydroxyl groups is 1. The van der Waals surface area contributed by atoms with Crippen molar-refractivity contribution in [3.05, 3.63) is 62.6 Å². The zero-order chi connectivity index (χ0) is 15.4. The molecule has 0 saturated carbocycles. The highest BCUT2D eigenvalue weighted by Gasteiger charge is 2.09. The Morgan fingerprint density at radius 3 is 2.62 bits per heavy atom. The van der Waals surface area contributed by atoms with Gasteiger partial charge in [-0.15, -0.1) is 0 Å². The number of nitrogens with zero attached hydrogens (tertiary/aromatic N) is 1. The minimum atomic E-state index is -0.662. The van der Waals surface area contributed by atoms with E-state index >= 15 is 0 Å². The molecule has 0 saturated heterocycles. The summed E-state index contributed by atoms with van der Waals surface area (Å²) in [6, 6.07) is 12.7. The van der Waals surface area contributed by atoms with Gasteiger partial charge in [0.25, 0.3) is 0 Å². The van der Waals surface area contributed by atoms with Crippen LogP contribution in [-0.4, -0.2) is 11.7 Å². The van der Waals surface area contributed by atoms with Crippen molar-refractivity contribution in [1.29, 1.82) is 5.26 Å². The molecule has 2 rings (SSSR count). The number of halogens is 2. The van der Waals surface area contributed by atoms with Crippen molar-refractivity contribution in [3.8, 4) is 6.07 Å². The van der Waals surface area contributed by atoms with Crippen molar-refractivity contribution in [2.24, 2.45) is 0 Å². The quantitative estimate of drug-likeness (QED) is 0.843. The van der Waals surface area contributed by atoms with Crippen molar-refractivity contribution in [1.82, 2.24) is 0 Å². The van der Waals surface area contributed by atoms with Gasteiger partial charge in [-0.2, -0.15) is 5.26 Å². The number of aliphatic hydroxyl groups excluding tert-OH is 1. The van der Waals surface area contributed by atoms with Gasteiger partial charge >= 0.3 is 0 Å². The molecule has 1 unspecified atom stereocenters. The number of hydrogen-bond donors (Lipinski definition) is 2. The highest BCUT2D eigenvalue weighted by atomic mass is 79.9. The van der Waals surface area contributed by atoms with Crippen molar-refractivity contribution < 1.29 is 5.11 Å². The van der Waals surface area contributed by atoms with E-state index in [0.29, 0.717) is 17.1 Å². The normalized spacial score (nSPS) is 11.8. The fourth-order valence-electron chi connectivity index (χ4n) is 1.89. The van der Waals surface area contributed by atoms with Crippen molar-refractivity contribution >= 4 is 33.2 Å². The first-order chi connectivity index (χ1) is 10.0. The summed E-state index contributed by atoms with van der Waals surface area (Å²) in [7, 11) is 0. The van der Waals surface area contributed by atoms with Crippen LogP contribution in [0.5, 0.6) is 0 Å². The topological polar surface area (TPSA) is 56.0 Å². The molecule has 0 aliphatic heterocycles. The molecule has 0 aliphatic carbocycles. The minimum Gasteiger partial charge on any atom is -0.387 e. The molecule has 1 atom stereocenters. The van der Waals surface area contributed by atoms with Crippen LogP contribution in [0.15, 0.2) is 40.9 Å². The zero-order valence-corrected chi connectivity index (χ0v) is 13.7. The number of aryl methyl sites for hydroxylation is 1. The molecule has 5 heteroatoms. The second-order valence-corrected chi connectivity index (χ2v) is 5.97. The summed E-state index contributed by atoms with van der Waals surface area (Å²) in [6.45, 7) is 2.28. The Bertz CT molecular complexity index is 680. The first-order valence-electron chi connectivity index (χ1n) is 6.39. The van der Waals surface area contributed by atoms with Crippen LogP contribution in [0, 0.1) is 18.3 Å². The fraction of sp³-hybridized carbons (Fsp3) is 0.188. The lowest BCUT2D eigenvalue weighted by molar-refractivity contribution is 0.191. The van der Waals surface area contributed by atoms with Gasteiger partial charge in [-0.25, -0.2) is 0 Å². The Morgan fingerprint density at radius 2 is 2.00 bits per heavy atom. The second-order valence-electron chi connectivity index (χ2n) is 4.71. The summed E-state index contributed by atoms with van der Waals surface area (Å²) in [5, 5.41) is 22.8. The van der Waals surface area contributed by atoms with Crippen molar-refractivity contribution in [2.75, 3.05) is 11.9 Å². The SMILES string of the molecule is Cc1cc(Br)c(NCC(O)c2ccc(C#N)cc2)cc1Cl. The third-order valence-electron chi connectivity index (χ3n) is 3.16. The van der Waals surface area contributed by atoms with E-state index in [9.17, 15) is 5.11 Å². The third-order valence-corrected chi connectivity index (χ3v) is 4.22. The summed E-state index contributed by atoms with van der Waals surface area (Å²) < 4.78 is 0.899. The number of rotatable bonds is 4. The lowest BCUT2D eigenvalue weighted by atomic mass is 10.1. The van der Waals surface area contributed by atoms with Crippen LogP contribution in [-0.2, 0) is 0 Å². The van der Waals surface area contributed by atoms with E-state index < -0.39 is 6.10 Å². The summed E-state index contributed by atoms with van der Waals surface area (Å²) >= 11 is 9.57. The van der Waals surface area contributed by atoms with Gasteiger partial charge in [-0.1, -0.05) is 23.7 Å². The summed E-state index contributed by atoms with van der Waals surface area (Å²) in [6.07, 6.45) is -0.662. The molecule has 3 nitrogen and oxygen atoms in total. The molecule has 2 N–H and O–H groups in total. The predicted molar refractivity (Wildman–Crippen MR) is 88.5 cm³/mol. The molecule has 0 spiro atoms. The van der Waals surface area contributed by atoms with Crippen LogP contribution < -0.4 is 5.32 Å². The van der Waals surface area contributed by atoms with Crippen LogP contribution in [0.25, 0.3) is 0 Å². The zero-order valence-electron chi connectivity index (χ0n) is 11.4. The number of nitrogens with one attached hydrogen (secondary N) is 1. The number of anilines is 1. The van der Waals surface area contributed by atoms with Crippen LogP contribution in [0.2, 0.25) is 5.02 Å². The summed E-state index contributed by atoms with van der Waals surface area (Å²) in [5.74, 6) is 0. The Labute approximate surface area is 137 Å². The molecule has 21 heavy (non-hydrogen) atoms. The van der Waals surface area contributed by atoms with Gasteiger partial charge < -0.3 is 10.4 Å². The van der Waals surface area contributed by atoms with E-state index in [0.717, 1.165) is 21.3 Å². The first kappa shape index (κ1) is 15.8. The predicted octanol–water partition coefficient (Wildman–Crippen LogP) is 4.43. The highest BCUT2D eigenvalue weighted by molar-refractivity contribution is 9.10. The molecule has 0 fully saturated rings. The molecule has 2 aromatic rings. The second kappa shape index (κ2) is 6.95. The maximum atomic E-state index is 10.2. The molecule has 0 radical (unpaired) electrons. The van der Waals surface area contributed by atoms with Gasteiger partial charge in [0, 0.05) is 16.0 Å². The molecule has 0 heterocycles. The van der Waals surface area contributed by atoms with E-state index in [2.05, 4.69) is 27.3 Å². The van der Waals surface area contributed by atoms with Crippen LogP contribution in [0.3, 0.4) is 0 Å². The maximum absolute atomic E-state index is 10.2. The van der Waals surface area contributed by atoms with Crippen LogP contribution in [0.4, 0.5) is 5.69 Å². The van der Waals surface area contributed by atoms with Gasteiger partial charge in [-0.05, 0) is 58.2 Å². The molecular formula is C16H14BrClN2O. The lowest BCUT2D eigenvalue weighted by Crippen LogP contribution is -2.12. The Kier molecular flexibility index (Phi) is 5.24. The average molecular weight is 366 g/mol. The lowest BCUT2D eigenvalue weighted by Gasteiger charge is -2.15. The molecular weight excluding hydrogens is 352 g/mol. The van der Waals surface area contributed by atoms with Crippen molar-refractivity contribution in [2.45, 2.75) is 13.0 Å². The van der Waals surface area contributed by atoms with Gasteiger partial charge in [0.05, 0.1) is 23.4 Å². The maximum Gasteiger partial charge on any atom is 0.0991 e. The Hall–Kier alpha value is -1.54. The van der Waals surface area contributed by atoms with Crippen LogP contribution >= 0.6 is 27.5 Å². The average Bonchev–Trinajstić information content (AvgIpc) is 2.49. The van der Waals surface area contributed by atoms with Gasteiger partial charge in [0.1, 0.15) is 0 Å². The van der Waals surface area contributed by atoms with Crippen LogP contribution in [0.1, 0.15) is 22.8 Å². The highest BCUT2D eigenvalue weighted by Crippen LogP contribution is 2.29. The van der Waals surface area contributed by atoms with Crippen molar-refractivity contribution in [3.63, 3.8) is 0 Å². The Morgan fingerprint density at radius 1 is 1.33 bits per heavy atom. The summed E-state index contributed by atoms with van der Waals surface area (Å²) in [4.78, 5) is 0. The monoisotopic (exact) mass is 364 g/mol. The molecule has 0 aromatic heterocycles. The molecule has 2 aromatic carbocycles. The van der Waals surface area contributed by atoms with E-state index in [-0.39, 0.29) is 0 Å². The molecule has 0 aliphatic rings. The standard InChI is InChI=1S/C16H14BrClN2O/c1-10-6-13(17)15(7-14(10)18)20-9-16(21)12-4-2-11(8-19)3-5-12/h2-7,16,20-21H,9H2,1H3. The van der Waals surface area contributed by atoms with Gasteiger partial charge in [0.2, 0.25) is 0 Å². The summed E-state index contributed by atoms with van der Waals surface area (Å²) in [5.41, 5.74) is 3.16. The number of benzene rings is 2. The van der Waals surface area contributed by atoms with E-state index in [1.807, 2.05) is 19.1 Å². The fourth-order valence-corrected chi connectivity index (χ4v) is 2.65. The molecule has 108 valence electrons. The van der Waals surface area contributed by atoms with Gasteiger partial charge in [-0.3, -0.25) is 0 Å². The van der Waals surface area contributed by atoms with E-state index in [1.54, 1.807) is 24.3 Å². The smallest absolute Gasteiger partial charge is 0.0991 e. The molecule has 0 amide bonds. The Balaban J connectivity index is 2.05. The number of nitriles is 1. The molecule has 0 bridgehead atoms. The number of hydrogen-bond acceptors (Lipinski definition) is 3. The minimum absolute atomic E-state index is 0.351. The van der Waals surface area contributed by atoms with E-state index in [1.165, 1.54) is 0 Å². The van der Waals surface area contributed by atoms with Gasteiger partial charge in [0.15, 0.2) is 0 Å². The first-order valence-corrected chi connectivity index (χ1v) is 7.56. The largest absolute Gasteiger partial charge is 0.387 e. The van der Waals surface area contributed by atoms with E-state index in [4.69, 9.17) is 16.9 Å².